The topological polar surface area (TPSA) is 40.5 Å². The Morgan fingerprint density at radius 3 is 2.43 bits per heavy atom. The molecule has 0 radical (unpaired) electrons. The summed E-state index contributed by atoms with van der Waals surface area (Å²) in [6.45, 7) is -0.00431. The van der Waals surface area contributed by atoms with Gasteiger partial charge in [0.15, 0.2) is 0 Å². The molecule has 1 amide bonds. The first-order valence-electron chi connectivity index (χ1n) is 6.38. The number of hydrogen-bond acceptors (Lipinski definition) is 2. The van der Waals surface area contributed by atoms with Gasteiger partial charge in [0.05, 0.1) is 0 Å². The van der Waals surface area contributed by atoms with Gasteiger partial charge in [-0.25, -0.2) is 0 Å². The van der Waals surface area contributed by atoms with E-state index >= 15 is 0 Å². The first-order chi connectivity index (χ1) is 9.91. The number of benzene rings is 2. The van der Waals surface area contributed by atoms with Crippen LogP contribution in [0.3, 0.4) is 0 Å². The summed E-state index contributed by atoms with van der Waals surface area (Å²) >= 11 is 0. The minimum Gasteiger partial charge on any atom is -0.508 e. The van der Waals surface area contributed by atoms with Crippen LogP contribution in [0.1, 0.15) is 11.1 Å². The van der Waals surface area contributed by atoms with E-state index in [4.69, 9.17) is 0 Å². The third-order valence-electron chi connectivity index (χ3n) is 3.08. The Balaban J connectivity index is 2.15. The molecule has 0 unspecified atom stereocenters. The molecule has 0 aliphatic heterocycles. The molecule has 21 heavy (non-hydrogen) atoms. The van der Waals surface area contributed by atoms with Gasteiger partial charge in [-0.15, -0.1) is 0 Å². The van der Waals surface area contributed by atoms with Gasteiger partial charge in [-0.2, -0.15) is 8.78 Å². The fourth-order valence-corrected chi connectivity index (χ4v) is 2.01. The number of carbonyl (C=O) groups is 1. The third kappa shape index (κ3) is 3.37. The Hall–Kier alpha value is -2.43. The molecule has 0 fully saturated rings. The summed E-state index contributed by atoms with van der Waals surface area (Å²) in [6, 6.07) is 13.1. The van der Waals surface area contributed by atoms with Crippen LogP contribution >= 0.6 is 0 Å². The van der Waals surface area contributed by atoms with E-state index in [1.807, 2.05) is 0 Å². The van der Waals surface area contributed by atoms with Gasteiger partial charge in [-0.05, 0) is 17.7 Å². The van der Waals surface area contributed by atoms with E-state index in [2.05, 4.69) is 0 Å². The lowest BCUT2D eigenvalue weighted by Gasteiger charge is -2.23. The summed E-state index contributed by atoms with van der Waals surface area (Å²) in [6.07, 6.45) is 0. The average molecular weight is 291 g/mol. The molecule has 1 N–H and O–H groups in total. The van der Waals surface area contributed by atoms with Crippen molar-refractivity contribution < 1.29 is 18.7 Å². The maximum absolute atomic E-state index is 14.1. The highest BCUT2D eigenvalue weighted by Crippen LogP contribution is 2.30. The average Bonchev–Trinajstić information content (AvgIpc) is 2.47. The van der Waals surface area contributed by atoms with E-state index < -0.39 is 11.8 Å². The van der Waals surface area contributed by atoms with Gasteiger partial charge in [0, 0.05) is 19.2 Å². The first kappa shape index (κ1) is 15.0. The number of likely N-dealkylation sites (N-methyl/N-ethyl adjacent to an activating group) is 1. The quantitative estimate of drug-likeness (QED) is 0.940. The van der Waals surface area contributed by atoms with Crippen molar-refractivity contribution in [1.29, 1.82) is 0 Å². The zero-order chi connectivity index (χ0) is 15.5. The lowest BCUT2D eigenvalue weighted by atomic mass is 10.1. The van der Waals surface area contributed by atoms with Crippen LogP contribution in [0.2, 0.25) is 0 Å². The SMILES string of the molecule is CN(Cc1cccc(O)c1)C(=O)C(F)(F)c1ccccc1. The fraction of sp³-hybridized carbons (Fsp3) is 0.188. The predicted octanol–water partition coefficient (Wildman–Crippen LogP) is 3.14. The lowest BCUT2D eigenvalue weighted by Crippen LogP contribution is -2.39. The number of alkyl halides is 2. The molecule has 0 aliphatic rings. The number of amides is 1. The van der Waals surface area contributed by atoms with Crippen LogP contribution in [0.5, 0.6) is 5.75 Å². The smallest absolute Gasteiger partial charge is 0.349 e. The molecule has 2 rings (SSSR count). The highest BCUT2D eigenvalue weighted by Gasteiger charge is 2.42. The summed E-state index contributed by atoms with van der Waals surface area (Å²) in [5, 5.41) is 9.35. The summed E-state index contributed by atoms with van der Waals surface area (Å²) < 4.78 is 28.3. The number of phenolic OH excluding ortho intramolecular Hbond substituents is 1. The molecule has 2 aromatic rings. The van der Waals surface area contributed by atoms with Crippen molar-refractivity contribution in [3.8, 4) is 5.75 Å². The molecular weight excluding hydrogens is 276 g/mol. The van der Waals surface area contributed by atoms with Crippen LogP contribution in [0.25, 0.3) is 0 Å². The minimum atomic E-state index is -3.58. The zero-order valence-electron chi connectivity index (χ0n) is 11.5. The Labute approximate surface area is 121 Å². The highest BCUT2D eigenvalue weighted by molar-refractivity contribution is 5.84. The van der Waals surface area contributed by atoms with E-state index in [-0.39, 0.29) is 17.9 Å². The highest BCUT2D eigenvalue weighted by atomic mass is 19.3. The van der Waals surface area contributed by atoms with Crippen LogP contribution in [0, 0.1) is 0 Å². The molecule has 0 aromatic heterocycles. The van der Waals surface area contributed by atoms with Crippen molar-refractivity contribution in [2.75, 3.05) is 7.05 Å². The van der Waals surface area contributed by atoms with Gasteiger partial charge in [0.25, 0.3) is 5.91 Å². The second-order valence-electron chi connectivity index (χ2n) is 4.77. The Bertz CT molecular complexity index is 629. The molecule has 5 heteroatoms. The molecule has 0 bridgehead atoms. The van der Waals surface area contributed by atoms with Gasteiger partial charge in [0.2, 0.25) is 0 Å². The number of carbonyl (C=O) groups excluding carboxylic acids is 1. The number of hydrogen-bond donors (Lipinski definition) is 1. The van der Waals surface area contributed by atoms with Gasteiger partial charge in [-0.3, -0.25) is 4.79 Å². The summed E-state index contributed by atoms with van der Waals surface area (Å²) in [4.78, 5) is 12.9. The van der Waals surface area contributed by atoms with E-state index in [0.29, 0.717) is 5.56 Å². The number of aromatic hydroxyl groups is 1. The van der Waals surface area contributed by atoms with E-state index in [0.717, 1.165) is 4.90 Å². The largest absolute Gasteiger partial charge is 0.508 e. The molecule has 0 atom stereocenters. The second kappa shape index (κ2) is 5.91. The van der Waals surface area contributed by atoms with Crippen molar-refractivity contribution in [3.63, 3.8) is 0 Å². The maximum Gasteiger partial charge on any atom is 0.349 e. The van der Waals surface area contributed by atoms with E-state index in [1.165, 1.54) is 43.4 Å². The zero-order valence-corrected chi connectivity index (χ0v) is 11.5. The lowest BCUT2D eigenvalue weighted by molar-refractivity contribution is -0.158. The van der Waals surface area contributed by atoms with Crippen LogP contribution in [0.4, 0.5) is 8.78 Å². The number of nitrogens with zero attached hydrogens (tertiary/aromatic N) is 1. The van der Waals surface area contributed by atoms with E-state index in [1.54, 1.807) is 18.2 Å². The number of rotatable bonds is 4. The maximum atomic E-state index is 14.1. The normalized spacial score (nSPS) is 11.2. The van der Waals surface area contributed by atoms with Crippen molar-refractivity contribution in [1.82, 2.24) is 4.90 Å². The second-order valence-corrected chi connectivity index (χ2v) is 4.77. The Morgan fingerprint density at radius 1 is 1.14 bits per heavy atom. The van der Waals surface area contributed by atoms with Crippen LogP contribution in [-0.2, 0) is 17.3 Å². The number of phenols is 1. The minimum absolute atomic E-state index is 0.00431. The van der Waals surface area contributed by atoms with Gasteiger partial charge < -0.3 is 10.0 Å². The molecular formula is C16H15F2NO2. The van der Waals surface area contributed by atoms with Crippen molar-refractivity contribution in [2.24, 2.45) is 0 Å². The van der Waals surface area contributed by atoms with E-state index in [9.17, 15) is 18.7 Å². The van der Waals surface area contributed by atoms with Crippen LogP contribution in [-0.4, -0.2) is 23.0 Å². The Kier molecular flexibility index (Phi) is 4.21. The molecule has 2 aromatic carbocycles. The standard InChI is InChI=1S/C16H15F2NO2/c1-19(11-12-6-5-9-14(20)10-12)15(21)16(17,18)13-7-3-2-4-8-13/h2-10,20H,11H2,1H3. The monoisotopic (exact) mass is 291 g/mol. The predicted molar refractivity (Wildman–Crippen MR) is 74.9 cm³/mol. The molecule has 0 heterocycles. The van der Waals surface area contributed by atoms with Gasteiger partial charge in [-0.1, -0.05) is 42.5 Å². The molecule has 0 saturated carbocycles. The molecule has 0 aliphatic carbocycles. The van der Waals surface area contributed by atoms with Crippen LogP contribution in [0.15, 0.2) is 54.6 Å². The summed E-state index contributed by atoms with van der Waals surface area (Å²) in [5.74, 6) is -4.83. The fourth-order valence-electron chi connectivity index (χ4n) is 2.01. The van der Waals surface area contributed by atoms with Gasteiger partial charge in [0.1, 0.15) is 5.75 Å². The van der Waals surface area contributed by atoms with Crippen molar-refractivity contribution in [3.05, 3.63) is 65.7 Å². The molecule has 0 saturated heterocycles. The van der Waals surface area contributed by atoms with Crippen molar-refractivity contribution >= 4 is 5.91 Å². The third-order valence-corrected chi connectivity index (χ3v) is 3.08. The number of halogens is 2. The molecule has 0 spiro atoms. The summed E-state index contributed by atoms with van der Waals surface area (Å²) in [5.41, 5.74) is 0.243. The molecule has 3 nitrogen and oxygen atoms in total. The Morgan fingerprint density at radius 2 is 1.81 bits per heavy atom. The van der Waals surface area contributed by atoms with Crippen molar-refractivity contribution in [2.45, 2.75) is 12.5 Å². The molecule has 110 valence electrons. The summed E-state index contributed by atoms with van der Waals surface area (Å²) in [7, 11) is 1.31. The van der Waals surface area contributed by atoms with Crippen LogP contribution < -0.4 is 0 Å². The first-order valence-corrected chi connectivity index (χ1v) is 6.38. The van der Waals surface area contributed by atoms with Gasteiger partial charge >= 0.3 is 5.92 Å².